The Hall–Kier alpha value is -0.890. The lowest BCUT2D eigenvalue weighted by atomic mass is 10.0. The van der Waals surface area contributed by atoms with Crippen molar-refractivity contribution in [1.82, 2.24) is 10.3 Å². The van der Waals surface area contributed by atoms with Gasteiger partial charge in [-0.25, -0.2) is 0 Å². The highest BCUT2D eigenvalue weighted by molar-refractivity contribution is 5.15. The van der Waals surface area contributed by atoms with Crippen molar-refractivity contribution in [2.75, 3.05) is 6.54 Å². The van der Waals surface area contributed by atoms with Crippen LogP contribution in [0.15, 0.2) is 24.5 Å². The van der Waals surface area contributed by atoms with Gasteiger partial charge in [0.15, 0.2) is 0 Å². The Bertz CT molecular complexity index is 245. The van der Waals surface area contributed by atoms with Gasteiger partial charge in [0, 0.05) is 18.4 Å². The molecule has 0 aromatic carbocycles. The van der Waals surface area contributed by atoms with Gasteiger partial charge in [0.25, 0.3) is 0 Å². The van der Waals surface area contributed by atoms with E-state index in [1.807, 2.05) is 18.5 Å². The molecule has 0 radical (unpaired) electrons. The smallest absolute Gasteiger partial charge is 0.0338 e. The van der Waals surface area contributed by atoms with Crippen LogP contribution in [0.1, 0.15) is 24.9 Å². The van der Waals surface area contributed by atoms with Crippen LogP contribution < -0.4 is 5.32 Å². The van der Waals surface area contributed by atoms with Gasteiger partial charge in [-0.15, -0.1) is 0 Å². The Labute approximate surface area is 73.0 Å². The number of nitrogens with zero attached hydrogens (tertiary/aromatic N) is 1. The maximum absolute atomic E-state index is 4.11. The number of rotatable bonds is 1. The maximum atomic E-state index is 4.11. The van der Waals surface area contributed by atoms with Crippen LogP contribution in [0.4, 0.5) is 0 Å². The zero-order valence-electron chi connectivity index (χ0n) is 7.33. The highest BCUT2D eigenvalue weighted by Gasteiger charge is 2.21. The van der Waals surface area contributed by atoms with Crippen molar-refractivity contribution in [3.8, 4) is 0 Å². The first-order valence-corrected chi connectivity index (χ1v) is 4.49. The minimum Gasteiger partial charge on any atom is -0.310 e. The van der Waals surface area contributed by atoms with Crippen LogP contribution in [0.25, 0.3) is 0 Å². The van der Waals surface area contributed by atoms with Gasteiger partial charge in [0.2, 0.25) is 0 Å². The Morgan fingerprint density at radius 2 is 2.50 bits per heavy atom. The number of pyridine rings is 1. The fraction of sp³-hybridized carbons (Fsp3) is 0.500. The topological polar surface area (TPSA) is 24.9 Å². The van der Waals surface area contributed by atoms with E-state index in [-0.39, 0.29) is 0 Å². The molecule has 1 aromatic heterocycles. The molecule has 2 nitrogen and oxygen atoms in total. The SMILES string of the molecule is C[C@H]1CN[C@H](c2cccnc2)C1. The summed E-state index contributed by atoms with van der Waals surface area (Å²) in [5.74, 6) is 0.801. The van der Waals surface area contributed by atoms with E-state index in [2.05, 4.69) is 23.3 Å². The van der Waals surface area contributed by atoms with E-state index in [0.717, 1.165) is 12.5 Å². The summed E-state index contributed by atoms with van der Waals surface area (Å²) in [4.78, 5) is 4.11. The second-order valence-corrected chi connectivity index (χ2v) is 3.59. The summed E-state index contributed by atoms with van der Waals surface area (Å²) in [6, 6.07) is 4.68. The Kier molecular flexibility index (Phi) is 2.09. The van der Waals surface area contributed by atoms with Crippen LogP contribution in [-0.2, 0) is 0 Å². The first-order chi connectivity index (χ1) is 5.86. The standard InChI is InChI=1S/C10H14N2/c1-8-5-10(12-6-8)9-3-2-4-11-7-9/h2-4,7-8,10,12H,5-6H2,1H3/t8-,10+/m1/s1. The van der Waals surface area contributed by atoms with Crippen LogP contribution in [0.2, 0.25) is 0 Å². The highest BCUT2D eigenvalue weighted by Crippen LogP contribution is 2.25. The molecule has 0 unspecified atom stereocenters. The van der Waals surface area contributed by atoms with E-state index in [1.165, 1.54) is 12.0 Å². The molecule has 0 spiro atoms. The monoisotopic (exact) mass is 162 g/mol. The van der Waals surface area contributed by atoms with E-state index in [0.29, 0.717) is 6.04 Å². The van der Waals surface area contributed by atoms with E-state index in [1.54, 1.807) is 0 Å². The van der Waals surface area contributed by atoms with Crippen molar-refractivity contribution < 1.29 is 0 Å². The minimum absolute atomic E-state index is 0.536. The largest absolute Gasteiger partial charge is 0.310 e. The van der Waals surface area contributed by atoms with E-state index in [4.69, 9.17) is 0 Å². The maximum Gasteiger partial charge on any atom is 0.0338 e. The van der Waals surface area contributed by atoms with Gasteiger partial charge < -0.3 is 5.32 Å². The molecule has 2 heteroatoms. The molecule has 1 saturated heterocycles. The molecule has 2 atom stereocenters. The Morgan fingerprint density at radius 1 is 1.58 bits per heavy atom. The molecule has 1 aliphatic heterocycles. The average molecular weight is 162 g/mol. The summed E-state index contributed by atoms with van der Waals surface area (Å²) in [5, 5.41) is 3.48. The second-order valence-electron chi connectivity index (χ2n) is 3.59. The molecule has 1 N–H and O–H groups in total. The molecule has 0 amide bonds. The van der Waals surface area contributed by atoms with Crippen molar-refractivity contribution in [2.45, 2.75) is 19.4 Å². The van der Waals surface area contributed by atoms with Crippen LogP contribution in [0, 0.1) is 5.92 Å². The highest BCUT2D eigenvalue weighted by atomic mass is 14.9. The lowest BCUT2D eigenvalue weighted by Crippen LogP contribution is -2.13. The quantitative estimate of drug-likeness (QED) is 0.680. The molecule has 12 heavy (non-hydrogen) atoms. The summed E-state index contributed by atoms with van der Waals surface area (Å²) in [7, 11) is 0. The number of aromatic nitrogens is 1. The van der Waals surface area contributed by atoms with E-state index >= 15 is 0 Å². The molecular weight excluding hydrogens is 148 g/mol. The molecule has 2 rings (SSSR count). The van der Waals surface area contributed by atoms with Crippen molar-refractivity contribution in [3.05, 3.63) is 30.1 Å². The number of nitrogens with one attached hydrogen (secondary N) is 1. The third kappa shape index (κ3) is 1.48. The van der Waals surface area contributed by atoms with Gasteiger partial charge in [-0.1, -0.05) is 13.0 Å². The third-order valence-corrected chi connectivity index (χ3v) is 2.44. The Morgan fingerprint density at radius 3 is 3.08 bits per heavy atom. The van der Waals surface area contributed by atoms with E-state index in [9.17, 15) is 0 Å². The van der Waals surface area contributed by atoms with Gasteiger partial charge in [-0.3, -0.25) is 4.98 Å². The van der Waals surface area contributed by atoms with Crippen LogP contribution in [0.5, 0.6) is 0 Å². The van der Waals surface area contributed by atoms with Gasteiger partial charge in [0.1, 0.15) is 0 Å². The lowest BCUT2D eigenvalue weighted by molar-refractivity contribution is 0.610. The number of hydrogen-bond acceptors (Lipinski definition) is 2. The van der Waals surface area contributed by atoms with Crippen LogP contribution in [-0.4, -0.2) is 11.5 Å². The first-order valence-electron chi connectivity index (χ1n) is 4.49. The summed E-state index contributed by atoms with van der Waals surface area (Å²) < 4.78 is 0. The summed E-state index contributed by atoms with van der Waals surface area (Å²) >= 11 is 0. The molecular formula is C10H14N2. The minimum atomic E-state index is 0.536. The molecule has 0 aliphatic carbocycles. The Balaban J connectivity index is 2.11. The van der Waals surface area contributed by atoms with Gasteiger partial charge in [-0.2, -0.15) is 0 Å². The predicted octanol–water partition coefficient (Wildman–Crippen LogP) is 1.75. The fourth-order valence-corrected chi connectivity index (χ4v) is 1.75. The average Bonchev–Trinajstić information content (AvgIpc) is 2.54. The summed E-state index contributed by atoms with van der Waals surface area (Å²) in [6.45, 7) is 3.42. The summed E-state index contributed by atoms with van der Waals surface area (Å²) in [6.07, 6.45) is 5.02. The molecule has 64 valence electrons. The van der Waals surface area contributed by atoms with Crippen LogP contribution >= 0.6 is 0 Å². The van der Waals surface area contributed by atoms with Crippen molar-refractivity contribution >= 4 is 0 Å². The van der Waals surface area contributed by atoms with Crippen molar-refractivity contribution in [2.24, 2.45) is 5.92 Å². The molecule has 1 aliphatic rings. The van der Waals surface area contributed by atoms with Crippen molar-refractivity contribution in [1.29, 1.82) is 0 Å². The molecule has 2 heterocycles. The predicted molar refractivity (Wildman–Crippen MR) is 48.8 cm³/mol. The molecule has 1 aromatic rings. The molecule has 1 fully saturated rings. The lowest BCUT2D eigenvalue weighted by Gasteiger charge is -2.08. The first kappa shape index (κ1) is 7.74. The normalized spacial score (nSPS) is 29.1. The molecule has 0 saturated carbocycles. The van der Waals surface area contributed by atoms with E-state index < -0.39 is 0 Å². The van der Waals surface area contributed by atoms with Gasteiger partial charge >= 0.3 is 0 Å². The second kappa shape index (κ2) is 3.23. The zero-order chi connectivity index (χ0) is 8.39. The summed E-state index contributed by atoms with van der Waals surface area (Å²) in [5.41, 5.74) is 1.32. The fourth-order valence-electron chi connectivity index (χ4n) is 1.75. The molecule has 0 bridgehead atoms. The number of hydrogen-bond donors (Lipinski definition) is 1. The zero-order valence-corrected chi connectivity index (χ0v) is 7.33. The third-order valence-electron chi connectivity index (χ3n) is 2.44. The van der Waals surface area contributed by atoms with Gasteiger partial charge in [-0.05, 0) is 30.5 Å². The van der Waals surface area contributed by atoms with Crippen molar-refractivity contribution in [3.63, 3.8) is 0 Å². The van der Waals surface area contributed by atoms with Gasteiger partial charge in [0.05, 0.1) is 0 Å². The van der Waals surface area contributed by atoms with Crippen LogP contribution in [0.3, 0.4) is 0 Å².